The molecule has 1 aromatic rings. The lowest BCUT2D eigenvalue weighted by atomic mass is 10.1. The molecule has 2 rings (SSSR count). The Balaban J connectivity index is 1.61. The first-order valence-electron chi connectivity index (χ1n) is 6.66. The van der Waals surface area contributed by atoms with Crippen molar-refractivity contribution in [3.8, 4) is 5.75 Å². The van der Waals surface area contributed by atoms with Gasteiger partial charge in [-0.3, -0.25) is 0 Å². The molecule has 1 aliphatic rings. The van der Waals surface area contributed by atoms with E-state index in [4.69, 9.17) is 4.74 Å². The number of fused-ring (bicyclic) bond motifs is 1. The maximum absolute atomic E-state index is 13.0. The van der Waals surface area contributed by atoms with Crippen LogP contribution in [0.5, 0.6) is 5.75 Å². The number of rotatable bonds is 6. The fourth-order valence-corrected chi connectivity index (χ4v) is 2.24. The molecule has 0 amide bonds. The van der Waals surface area contributed by atoms with E-state index in [0.29, 0.717) is 31.7 Å². The fraction of sp³-hybridized carbons (Fsp3) is 0.571. The second-order valence-electron chi connectivity index (χ2n) is 4.97. The van der Waals surface area contributed by atoms with E-state index in [9.17, 15) is 17.6 Å². The van der Waals surface area contributed by atoms with Gasteiger partial charge in [0.15, 0.2) is 0 Å². The molecule has 112 valence electrons. The Kier molecular flexibility index (Phi) is 4.86. The molecule has 0 spiro atoms. The lowest BCUT2D eigenvalue weighted by Crippen LogP contribution is -2.30. The third-order valence-electron chi connectivity index (χ3n) is 3.20. The van der Waals surface area contributed by atoms with E-state index < -0.39 is 12.6 Å². The third kappa shape index (κ3) is 4.67. The van der Waals surface area contributed by atoms with Gasteiger partial charge in [0.1, 0.15) is 17.7 Å². The molecule has 1 aliphatic heterocycles. The standard InChI is InChI=1S/C14H17F4NO/c15-11-3-4-13-10(7-11)8-12(20-13)9-19-6-2-1-5-14(16,17)18/h3-4,7,12,19H,1-2,5-6,8-9H2. The first-order chi connectivity index (χ1) is 9.44. The number of halogens is 4. The quantitative estimate of drug-likeness (QED) is 0.640. The van der Waals surface area contributed by atoms with Gasteiger partial charge in [0.25, 0.3) is 0 Å². The van der Waals surface area contributed by atoms with Crippen LogP contribution >= 0.6 is 0 Å². The largest absolute Gasteiger partial charge is 0.488 e. The summed E-state index contributed by atoms with van der Waals surface area (Å²) in [7, 11) is 0. The van der Waals surface area contributed by atoms with Gasteiger partial charge in [0, 0.05) is 24.9 Å². The summed E-state index contributed by atoms with van der Waals surface area (Å²) in [6, 6.07) is 4.42. The Morgan fingerprint density at radius 1 is 1.25 bits per heavy atom. The molecule has 0 aromatic heterocycles. The monoisotopic (exact) mass is 291 g/mol. The van der Waals surface area contributed by atoms with Crippen LogP contribution in [-0.2, 0) is 6.42 Å². The molecule has 1 heterocycles. The maximum Gasteiger partial charge on any atom is 0.389 e. The molecule has 0 bridgehead atoms. The number of nitrogens with one attached hydrogen (secondary N) is 1. The Labute approximate surface area is 115 Å². The molecule has 1 N–H and O–H groups in total. The van der Waals surface area contributed by atoms with Crippen LogP contribution in [0.15, 0.2) is 18.2 Å². The first-order valence-corrected chi connectivity index (χ1v) is 6.66. The Morgan fingerprint density at radius 2 is 2.05 bits per heavy atom. The zero-order valence-electron chi connectivity index (χ0n) is 11.0. The van der Waals surface area contributed by atoms with E-state index in [-0.39, 0.29) is 18.3 Å². The van der Waals surface area contributed by atoms with Gasteiger partial charge >= 0.3 is 6.18 Å². The number of hydrogen-bond acceptors (Lipinski definition) is 2. The third-order valence-corrected chi connectivity index (χ3v) is 3.20. The number of unbranched alkanes of at least 4 members (excludes halogenated alkanes) is 1. The highest BCUT2D eigenvalue weighted by atomic mass is 19.4. The topological polar surface area (TPSA) is 21.3 Å². The SMILES string of the molecule is Fc1ccc2c(c1)CC(CNCCCCC(F)(F)F)O2. The molecule has 0 fully saturated rings. The van der Waals surface area contributed by atoms with Gasteiger partial charge in [-0.2, -0.15) is 13.2 Å². The molecule has 0 saturated heterocycles. The normalized spacial score (nSPS) is 17.9. The minimum Gasteiger partial charge on any atom is -0.488 e. The second-order valence-corrected chi connectivity index (χ2v) is 4.97. The Morgan fingerprint density at radius 3 is 2.80 bits per heavy atom. The van der Waals surface area contributed by atoms with Gasteiger partial charge < -0.3 is 10.1 Å². The Bertz CT molecular complexity index is 447. The molecular weight excluding hydrogens is 274 g/mol. The molecule has 6 heteroatoms. The molecule has 0 aliphatic carbocycles. The zero-order valence-corrected chi connectivity index (χ0v) is 11.0. The zero-order chi connectivity index (χ0) is 14.6. The van der Waals surface area contributed by atoms with Gasteiger partial charge in [-0.25, -0.2) is 4.39 Å². The summed E-state index contributed by atoms with van der Waals surface area (Å²) in [4.78, 5) is 0. The van der Waals surface area contributed by atoms with Gasteiger partial charge in [-0.1, -0.05) is 0 Å². The molecular formula is C14H17F4NO. The summed E-state index contributed by atoms with van der Waals surface area (Å²) in [6.45, 7) is 1.09. The van der Waals surface area contributed by atoms with Crippen LogP contribution < -0.4 is 10.1 Å². The van der Waals surface area contributed by atoms with Crippen LogP contribution in [0.2, 0.25) is 0 Å². The van der Waals surface area contributed by atoms with E-state index in [2.05, 4.69) is 5.32 Å². The van der Waals surface area contributed by atoms with Crippen molar-refractivity contribution in [1.82, 2.24) is 5.32 Å². The van der Waals surface area contributed by atoms with Crippen molar-refractivity contribution in [2.75, 3.05) is 13.1 Å². The van der Waals surface area contributed by atoms with Gasteiger partial charge in [-0.05, 0) is 37.6 Å². The highest BCUT2D eigenvalue weighted by Gasteiger charge is 2.26. The summed E-state index contributed by atoms with van der Waals surface area (Å²) in [6.07, 6.45) is -3.64. The van der Waals surface area contributed by atoms with Crippen molar-refractivity contribution in [3.63, 3.8) is 0 Å². The molecule has 1 atom stereocenters. The lowest BCUT2D eigenvalue weighted by Gasteiger charge is -2.12. The van der Waals surface area contributed by atoms with E-state index in [1.165, 1.54) is 12.1 Å². The van der Waals surface area contributed by atoms with Crippen molar-refractivity contribution in [2.45, 2.75) is 38.0 Å². The number of hydrogen-bond donors (Lipinski definition) is 1. The fourth-order valence-electron chi connectivity index (χ4n) is 2.24. The summed E-state index contributed by atoms with van der Waals surface area (Å²) in [5.74, 6) is 0.406. The molecule has 2 nitrogen and oxygen atoms in total. The molecule has 1 aromatic carbocycles. The second kappa shape index (κ2) is 6.43. The smallest absolute Gasteiger partial charge is 0.389 e. The van der Waals surface area contributed by atoms with E-state index in [0.717, 1.165) is 5.56 Å². The summed E-state index contributed by atoms with van der Waals surface area (Å²) >= 11 is 0. The van der Waals surface area contributed by atoms with Crippen molar-refractivity contribution >= 4 is 0 Å². The first kappa shape index (κ1) is 15.1. The van der Waals surface area contributed by atoms with Crippen molar-refractivity contribution in [2.24, 2.45) is 0 Å². The van der Waals surface area contributed by atoms with Gasteiger partial charge in [0.05, 0.1) is 0 Å². The van der Waals surface area contributed by atoms with Gasteiger partial charge in [-0.15, -0.1) is 0 Å². The van der Waals surface area contributed by atoms with E-state index >= 15 is 0 Å². The van der Waals surface area contributed by atoms with Crippen LogP contribution in [0.3, 0.4) is 0 Å². The minimum atomic E-state index is -4.07. The predicted octanol–water partition coefficient (Wildman–Crippen LogP) is 3.45. The number of alkyl halides is 3. The number of ether oxygens (including phenoxy) is 1. The van der Waals surface area contributed by atoms with Crippen LogP contribution in [0.4, 0.5) is 17.6 Å². The van der Waals surface area contributed by atoms with E-state index in [1.54, 1.807) is 6.07 Å². The predicted molar refractivity (Wildman–Crippen MR) is 67.3 cm³/mol. The lowest BCUT2D eigenvalue weighted by molar-refractivity contribution is -0.135. The summed E-state index contributed by atoms with van der Waals surface area (Å²) in [5.41, 5.74) is 0.842. The minimum absolute atomic E-state index is 0.0746. The van der Waals surface area contributed by atoms with E-state index in [1.807, 2.05) is 0 Å². The summed E-state index contributed by atoms with van der Waals surface area (Å²) in [5, 5.41) is 3.08. The van der Waals surface area contributed by atoms with Gasteiger partial charge in [0.2, 0.25) is 0 Å². The molecule has 20 heavy (non-hydrogen) atoms. The van der Waals surface area contributed by atoms with Crippen LogP contribution in [0, 0.1) is 5.82 Å². The highest BCUT2D eigenvalue weighted by Crippen LogP contribution is 2.29. The molecule has 0 radical (unpaired) electrons. The number of benzene rings is 1. The van der Waals surface area contributed by atoms with Crippen molar-refractivity contribution in [3.05, 3.63) is 29.6 Å². The van der Waals surface area contributed by atoms with Crippen LogP contribution in [0.25, 0.3) is 0 Å². The average Bonchev–Trinajstić information content (AvgIpc) is 2.74. The summed E-state index contributed by atoms with van der Waals surface area (Å²) < 4.78 is 54.4. The molecule has 0 saturated carbocycles. The van der Waals surface area contributed by atoms with Crippen molar-refractivity contribution in [1.29, 1.82) is 0 Å². The maximum atomic E-state index is 13.0. The van der Waals surface area contributed by atoms with Crippen LogP contribution in [0.1, 0.15) is 24.8 Å². The van der Waals surface area contributed by atoms with Crippen molar-refractivity contribution < 1.29 is 22.3 Å². The Hall–Kier alpha value is -1.30. The molecule has 1 unspecified atom stereocenters. The highest BCUT2D eigenvalue weighted by molar-refractivity contribution is 5.37. The van der Waals surface area contributed by atoms with Crippen LogP contribution in [-0.4, -0.2) is 25.4 Å². The average molecular weight is 291 g/mol.